The van der Waals surface area contributed by atoms with Crippen LogP contribution in [0.2, 0.25) is 13.1 Å². The van der Waals surface area contributed by atoms with Crippen molar-refractivity contribution in [3.63, 3.8) is 0 Å². The molecule has 0 spiro atoms. The van der Waals surface area contributed by atoms with E-state index in [0.717, 1.165) is 18.4 Å². The molecule has 1 aliphatic heterocycles. The third-order valence-electron chi connectivity index (χ3n) is 4.31. The number of pyridine rings is 1. The molecule has 0 aliphatic carbocycles. The van der Waals surface area contributed by atoms with Crippen molar-refractivity contribution in [3.05, 3.63) is 30.1 Å². The van der Waals surface area contributed by atoms with E-state index in [-0.39, 0.29) is 23.5 Å². The lowest BCUT2D eigenvalue weighted by atomic mass is 9.82. The first kappa shape index (κ1) is 18.6. The third-order valence-corrected chi connectivity index (χ3v) is 5.20. The van der Waals surface area contributed by atoms with Gasteiger partial charge in [-0.25, -0.2) is 0 Å². The number of aliphatic hydroxyl groups excluding tert-OH is 1. The average Bonchev–Trinajstić information content (AvgIpc) is 2.85. The predicted octanol–water partition coefficient (Wildman–Crippen LogP) is 3.32. The normalized spacial score (nSPS) is 26.7. The second-order valence-corrected chi connectivity index (χ2v) is 10.4. The molecule has 1 aromatic heterocycles. The summed E-state index contributed by atoms with van der Waals surface area (Å²) < 4.78 is 12.2. The molecule has 0 amide bonds. The SMILES string of the molecule is C[SiH](C)OC(CCC(C)(C)C)[C@@H]1[C@@H](O)CO[C@H]1c1cccnc1. The van der Waals surface area contributed by atoms with Crippen molar-refractivity contribution >= 4 is 9.04 Å². The van der Waals surface area contributed by atoms with Crippen LogP contribution in [-0.4, -0.2) is 37.9 Å². The predicted molar refractivity (Wildman–Crippen MR) is 94.9 cm³/mol. The molecule has 4 nitrogen and oxygen atoms in total. The fourth-order valence-electron chi connectivity index (χ4n) is 3.21. The Morgan fingerprint density at radius 1 is 1.43 bits per heavy atom. The van der Waals surface area contributed by atoms with Crippen LogP contribution in [0.4, 0.5) is 0 Å². The van der Waals surface area contributed by atoms with Gasteiger partial charge in [-0.1, -0.05) is 26.8 Å². The molecule has 2 rings (SSSR count). The Labute approximate surface area is 142 Å². The number of aromatic nitrogens is 1. The van der Waals surface area contributed by atoms with Crippen LogP contribution in [0.5, 0.6) is 0 Å². The minimum atomic E-state index is -1.20. The number of hydrogen-bond donors (Lipinski definition) is 1. The average molecular weight is 338 g/mol. The van der Waals surface area contributed by atoms with E-state index < -0.39 is 15.1 Å². The molecule has 1 unspecified atom stereocenters. The van der Waals surface area contributed by atoms with Gasteiger partial charge in [0.25, 0.3) is 0 Å². The largest absolute Gasteiger partial charge is 0.417 e. The molecule has 4 atom stereocenters. The minimum Gasteiger partial charge on any atom is -0.417 e. The van der Waals surface area contributed by atoms with E-state index in [1.807, 2.05) is 18.3 Å². The van der Waals surface area contributed by atoms with Crippen LogP contribution in [0.25, 0.3) is 0 Å². The Hall–Kier alpha value is -0.753. The summed E-state index contributed by atoms with van der Waals surface area (Å²) in [5, 5.41) is 10.5. The molecular weight excluding hydrogens is 306 g/mol. The zero-order valence-electron chi connectivity index (χ0n) is 15.0. The van der Waals surface area contributed by atoms with Crippen molar-refractivity contribution < 1.29 is 14.3 Å². The Bertz CT molecular complexity index is 475. The van der Waals surface area contributed by atoms with Crippen LogP contribution in [0.15, 0.2) is 24.5 Å². The molecule has 1 saturated heterocycles. The summed E-state index contributed by atoms with van der Waals surface area (Å²) in [6.45, 7) is 11.5. The van der Waals surface area contributed by atoms with Crippen molar-refractivity contribution in [2.45, 2.75) is 65.0 Å². The maximum absolute atomic E-state index is 10.5. The molecule has 0 radical (unpaired) electrons. The van der Waals surface area contributed by atoms with Crippen LogP contribution >= 0.6 is 0 Å². The van der Waals surface area contributed by atoms with Crippen LogP contribution in [0.1, 0.15) is 45.3 Å². The Balaban J connectivity index is 2.19. The number of hydrogen-bond acceptors (Lipinski definition) is 4. The number of aliphatic hydroxyl groups is 1. The fraction of sp³-hybridized carbons (Fsp3) is 0.722. The van der Waals surface area contributed by atoms with Gasteiger partial charge < -0.3 is 14.3 Å². The van der Waals surface area contributed by atoms with Gasteiger partial charge in [-0.15, -0.1) is 0 Å². The molecule has 1 aliphatic rings. The van der Waals surface area contributed by atoms with Crippen LogP contribution in [0.3, 0.4) is 0 Å². The second-order valence-electron chi connectivity index (χ2n) is 8.01. The monoisotopic (exact) mass is 337 g/mol. The summed E-state index contributed by atoms with van der Waals surface area (Å²) in [6.07, 6.45) is 5.07. The highest BCUT2D eigenvalue weighted by molar-refractivity contribution is 6.48. The summed E-state index contributed by atoms with van der Waals surface area (Å²) in [6, 6.07) is 3.94. The standard InChI is InChI=1S/C18H31NO3Si/c1-18(2,3)9-8-15(22-23(4)5)16-14(20)12-21-17(16)13-7-6-10-19-11-13/h6-7,10-11,14-17,20,23H,8-9,12H2,1-5H3/t14-,15?,16-,17-/m0/s1. The maximum atomic E-state index is 10.5. The van der Waals surface area contributed by atoms with E-state index in [1.54, 1.807) is 6.20 Å². The molecular formula is C18H31NO3Si. The molecule has 0 bridgehead atoms. The smallest absolute Gasteiger partial charge is 0.171 e. The Morgan fingerprint density at radius 3 is 2.74 bits per heavy atom. The van der Waals surface area contributed by atoms with E-state index in [0.29, 0.717) is 6.61 Å². The van der Waals surface area contributed by atoms with E-state index in [4.69, 9.17) is 9.16 Å². The van der Waals surface area contributed by atoms with E-state index in [2.05, 4.69) is 38.8 Å². The Kier molecular flexibility index (Phi) is 6.37. The summed E-state index contributed by atoms with van der Waals surface area (Å²) in [5.74, 6) is -0.0172. The van der Waals surface area contributed by atoms with Gasteiger partial charge >= 0.3 is 0 Å². The third kappa shape index (κ3) is 5.38. The van der Waals surface area contributed by atoms with Crippen molar-refractivity contribution in [2.24, 2.45) is 11.3 Å². The van der Waals surface area contributed by atoms with Crippen molar-refractivity contribution in [3.8, 4) is 0 Å². The first-order chi connectivity index (χ1) is 10.8. The summed E-state index contributed by atoms with van der Waals surface area (Å²) in [4.78, 5) is 4.20. The van der Waals surface area contributed by atoms with E-state index >= 15 is 0 Å². The van der Waals surface area contributed by atoms with Gasteiger partial charge in [-0.05, 0) is 43.0 Å². The molecule has 1 fully saturated rings. The highest BCUT2D eigenvalue weighted by Crippen LogP contribution is 2.40. The van der Waals surface area contributed by atoms with Crippen LogP contribution in [-0.2, 0) is 9.16 Å². The van der Waals surface area contributed by atoms with Gasteiger partial charge in [0.15, 0.2) is 9.04 Å². The molecule has 0 aromatic carbocycles. The summed E-state index contributed by atoms with van der Waals surface area (Å²) in [7, 11) is -1.20. The molecule has 1 N–H and O–H groups in total. The zero-order valence-corrected chi connectivity index (χ0v) is 16.2. The lowest BCUT2D eigenvalue weighted by molar-refractivity contribution is 0.0175. The zero-order chi connectivity index (χ0) is 17.0. The number of rotatable bonds is 6. The molecule has 0 saturated carbocycles. The van der Waals surface area contributed by atoms with Crippen molar-refractivity contribution in [2.75, 3.05) is 6.61 Å². The molecule has 1 aromatic rings. The van der Waals surface area contributed by atoms with Gasteiger partial charge in [0.1, 0.15) is 0 Å². The summed E-state index contributed by atoms with van der Waals surface area (Å²) in [5.41, 5.74) is 1.29. The summed E-state index contributed by atoms with van der Waals surface area (Å²) >= 11 is 0. The van der Waals surface area contributed by atoms with Gasteiger partial charge in [0.05, 0.1) is 24.9 Å². The minimum absolute atomic E-state index is 0.0172. The highest BCUT2D eigenvalue weighted by atomic mass is 28.3. The molecule has 130 valence electrons. The molecule has 5 heteroatoms. The molecule has 2 heterocycles. The van der Waals surface area contributed by atoms with Crippen molar-refractivity contribution in [1.82, 2.24) is 4.98 Å². The lowest BCUT2D eigenvalue weighted by Gasteiger charge is -2.33. The first-order valence-electron chi connectivity index (χ1n) is 8.63. The van der Waals surface area contributed by atoms with Gasteiger partial charge in [0.2, 0.25) is 0 Å². The van der Waals surface area contributed by atoms with Crippen LogP contribution < -0.4 is 0 Å². The van der Waals surface area contributed by atoms with Crippen molar-refractivity contribution in [1.29, 1.82) is 0 Å². The van der Waals surface area contributed by atoms with Gasteiger partial charge in [0, 0.05) is 18.3 Å². The number of ether oxygens (including phenoxy) is 1. The maximum Gasteiger partial charge on any atom is 0.171 e. The second kappa shape index (κ2) is 7.88. The molecule has 23 heavy (non-hydrogen) atoms. The van der Waals surface area contributed by atoms with Gasteiger partial charge in [-0.2, -0.15) is 0 Å². The quantitative estimate of drug-likeness (QED) is 0.809. The van der Waals surface area contributed by atoms with E-state index in [9.17, 15) is 5.11 Å². The van der Waals surface area contributed by atoms with Gasteiger partial charge in [-0.3, -0.25) is 4.98 Å². The Morgan fingerprint density at radius 2 is 2.17 bits per heavy atom. The lowest BCUT2D eigenvalue weighted by Crippen LogP contribution is -2.37. The fourth-order valence-corrected chi connectivity index (χ4v) is 4.22. The topological polar surface area (TPSA) is 51.6 Å². The first-order valence-corrected chi connectivity index (χ1v) is 11.4. The van der Waals surface area contributed by atoms with E-state index in [1.165, 1.54) is 0 Å². The van der Waals surface area contributed by atoms with Crippen LogP contribution in [0, 0.1) is 11.3 Å². The number of nitrogens with zero attached hydrogens (tertiary/aromatic N) is 1. The highest BCUT2D eigenvalue weighted by Gasteiger charge is 2.43.